The van der Waals surface area contributed by atoms with E-state index in [-0.39, 0.29) is 11.9 Å². The first kappa shape index (κ1) is 20.9. The minimum atomic E-state index is -0.0227. The number of hydrogen-bond acceptors (Lipinski definition) is 7. The summed E-state index contributed by atoms with van der Waals surface area (Å²) in [4.78, 5) is 25.3. The van der Waals surface area contributed by atoms with Crippen LogP contribution in [-0.2, 0) is 0 Å². The quantitative estimate of drug-likeness (QED) is 0.391. The molecule has 1 aromatic carbocycles. The molecule has 0 bridgehead atoms. The monoisotopic (exact) mass is 468 g/mol. The van der Waals surface area contributed by atoms with Crippen LogP contribution in [0.4, 0.5) is 11.5 Å². The van der Waals surface area contributed by atoms with Gasteiger partial charge in [0.05, 0.1) is 16.9 Å². The fraction of sp³-hybridized carbons (Fsp3) is 0.269. The van der Waals surface area contributed by atoms with Gasteiger partial charge in [-0.05, 0) is 43.3 Å². The molecule has 7 nitrogen and oxygen atoms in total. The van der Waals surface area contributed by atoms with Gasteiger partial charge in [0.1, 0.15) is 16.4 Å². The van der Waals surface area contributed by atoms with Gasteiger partial charge < -0.3 is 20.9 Å². The van der Waals surface area contributed by atoms with Crippen LogP contribution in [0.2, 0.25) is 0 Å². The lowest BCUT2D eigenvalue weighted by Crippen LogP contribution is -2.43. The Balaban J connectivity index is 1.47. The molecule has 1 atom stereocenters. The SMILES string of the molecule is C#Cc1cc(-c2ccc3c(ccc4sc5c(c43)NC[C@@H](C)NC5=O)n2)cc(N2CCNCC2)n1. The van der Waals surface area contributed by atoms with Crippen LogP contribution in [-0.4, -0.2) is 54.6 Å². The smallest absolute Gasteiger partial charge is 0.263 e. The zero-order valence-electron chi connectivity index (χ0n) is 18.8. The van der Waals surface area contributed by atoms with Crippen molar-refractivity contribution in [2.75, 3.05) is 42.9 Å². The molecule has 0 unspecified atom stereocenters. The van der Waals surface area contributed by atoms with Crippen LogP contribution in [0, 0.1) is 12.3 Å². The number of thiophene rings is 1. The molecule has 170 valence electrons. The zero-order chi connectivity index (χ0) is 23.2. The van der Waals surface area contributed by atoms with E-state index < -0.39 is 0 Å². The summed E-state index contributed by atoms with van der Waals surface area (Å²) in [5.41, 5.74) is 4.20. The van der Waals surface area contributed by atoms with E-state index in [1.807, 2.05) is 25.1 Å². The Morgan fingerprint density at radius 1 is 1.15 bits per heavy atom. The maximum atomic E-state index is 12.7. The van der Waals surface area contributed by atoms with Gasteiger partial charge in [0.25, 0.3) is 5.91 Å². The first-order valence-corrected chi connectivity index (χ1v) is 12.3. The van der Waals surface area contributed by atoms with E-state index in [9.17, 15) is 4.79 Å². The van der Waals surface area contributed by atoms with Gasteiger partial charge >= 0.3 is 0 Å². The molecule has 0 saturated carbocycles. The van der Waals surface area contributed by atoms with Gasteiger partial charge in [-0.25, -0.2) is 9.97 Å². The number of rotatable bonds is 2. The first-order valence-electron chi connectivity index (χ1n) is 11.5. The number of benzene rings is 1. The molecule has 0 aliphatic carbocycles. The van der Waals surface area contributed by atoms with Gasteiger partial charge in [-0.1, -0.05) is 5.92 Å². The van der Waals surface area contributed by atoms with Crippen molar-refractivity contribution in [3.8, 4) is 23.6 Å². The van der Waals surface area contributed by atoms with Crippen LogP contribution in [0.1, 0.15) is 22.3 Å². The van der Waals surface area contributed by atoms with Crippen molar-refractivity contribution in [2.24, 2.45) is 0 Å². The summed E-state index contributed by atoms with van der Waals surface area (Å²) in [6.45, 7) is 6.34. The van der Waals surface area contributed by atoms with Crippen LogP contribution < -0.4 is 20.9 Å². The van der Waals surface area contributed by atoms with E-state index in [2.05, 4.69) is 50.0 Å². The average Bonchev–Trinajstić information content (AvgIpc) is 3.20. The molecule has 1 fully saturated rings. The van der Waals surface area contributed by atoms with Gasteiger partial charge in [0.15, 0.2) is 0 Å². The highest BCUT2D eigenvalue weighted by Crippen LogP contribution is 2.41. The van der Waals surface area contributed by atoms with E-state index in [0.29, 0.717) is 12.2 Å². The minimum Gasteiger partial charge on any atom is -0.381 e. The summed E-state index contributed by atoms with van der Waals surface area (Å²) in [6.07, 6.45) is 5.73. The molecule has 1 amide bonds. The average molecular weight is 469 g/mol. The third-order valence-electron chi connectivity index (χ3n) is 6.39. The summed E-state index contributed by atoms with van der Waals surface area (Å²) in [5, 5.41) is 12.0. The van der Waals surface area contributed by atoms with E-state index in [4.69, 9.17) is 11.4 Å². The molecule has 0 radical (unpaired) electrons. The fourth-order valence-electron chi connectivity index (χ4n) is 4.68. The first-order chi connectivity index (χ1) is 16.6. The molecule has 0 spiro atoms. The Labute approximate surface area is 201 Å². The number of terminal acetylenes is 1. The summed E-state index contributed by atoms with van der Waals surface area (Å²) >= 11 is 1.52. The van der Waals surface area contributed by atoms with Gasteiger partial charge in [-0.3, -0.25) is 4.79 Å². The molecule has 2 aliphatic heterocycles. The summed E-state index contributed by atoms with van der Waals surface area (Å²) in [7, 11) is 0. The van der Waals surface area contributed by atoms with E-state index in [0.717, 1.165) is 74.8 Å². The highest BCUT2D eigenvalue weighted by molar-refractivity contribution is 7.21. The van der Waals surface area contributed by atoms with Crippen molar-refractivity contribution in [3.63, 3.8) is 0 Å². The number of amides is 1. The molecule has 6 rings (SSSR count). The van der Waals surface area contributed by atoms with Crippen molar-refractivity contribution in [2.45, 2.75) is 13.0 Å². The highest BCUT2D eigenvalue weighted by atomic mass is 32.1. The van der Waals surface area contributed by atoms with Crippen molar-refractivity contribution in [3.05, 3.63) is 47.0 Å². The highest BCUT2D eigenvalue weighted by Gasteiger charge is 2.25. The maximum Gasteiger partial charge on any atom is 0.263 e. The Morgan fingerprint density at radius 2 is 2.00 bits per heavy atom. The van der Waals surface area contributed by atoms with E-state index in [1.54, 1.807) is 0 Å². The standard InChI is InChI=1S/C26H24N6OS/c1-3-17-12-16(13-22(30-17)32-10-8-27-9-11-32)19-5-4-18-20(31-19)6-7-21-23(18)24-25(34-21)26(33)29-15(2)14-28-24/h1,4-7,12-13,15,27-28H,8-11,14H2,2H3,(H,29,33)/t15-/m1/s1. The molecule has 2 aliphatic rings. The second-order valence-electron chi connectivity index (χ2n) is 8.74. The fourth-order valence-corrected chi connectivity index (χ4v) is 5.78. The van der Waals surface area contributed by atoms with Crippen LogP contribution in [0.25, 0.3) is 32.2 Å². The van der Waals surface area contributed by atoms with Crippen molar-refractivity contribution >= 4 is 49.7 Å². The Hall–Kier alpha value is -3.67. The van der Waals surface area contributed by atoms with Gasteiger partial charge in [0, 0.05) is 59.8 Å². The van der Waals surface area contributed by atoms with Gasteiger partial charge in [-0.15, -0.1) is 17.8 Å². The lowest BCUT2D eigenvalue weighted by molar-refractivity contribution is 0.0949. The lowest BCUT2D eigenvalue weighted by Gasteiger charge is -2.28. The van der Waals surface area contributed by atoms with E-state index >= 15 is 0 Å². The van der Waals surface area contributed by atoms with Crippen LogP contribution in [0.5, 0.6) is 0 Å². The summed E-state index contributed by atoms with van der Waals surface area (Å²) < 4.78 is 1.07. The Kier molecular flexibility index (Phi) is 5.09. The molecule has 5 heterocycles. The summed E-state index contributed by atoms with van der Waals surface area (Å²) in [6, 6.07) is 12.3. The predicted octanol–water partition coefficient (Wildman–Crippen LogP) is 3.45. The second-order valence-corrected chi connectivity index (χ2v) is 9.80. The third kappa shape index (κ3) is 3.54. The Bertz CT molecular complexity index is 1480. The molecule has 3 aromatic heterocycles. The van der Waals surface area contributed by atoms with Crippen molar-refractivity contribution < 1.29 is 4.79 Å². The number of piperazine rings is 1. The number of carbonyl (C=O) groups excluding carboxylic acids is 1. The Morgan fingerprint density at radius 3 is 2.82 bits per heavy atom. The van der Waals surface area contributed by atoms with Gasteiger partial charge in [0.2, 0.25) is 0 Å². The molecular formula is C26H24N6OS. The van der Waals surface area contributed by atoms with E-state index in [1.165, 1.54) is 11.3 Å². The zero-order valence-corrected chi connectivity index (χ0v) is 19.6. The number of carbonyl (C=O) groups is 1. The van der Waals surface area contributed by atoms with Crippen LogP contribution in [0.3, 0.4) is 0 Å². The topological polar surface area (TPSA) is 82.2 Å². The minimum absolute atomic E-state index is 0.0227. The molecule has 3 N–H and O–H groups in total. The number of pyridine rings is 2. The second kappa shape index (κ2) is 8.28. The normalized spacial score (nSPS) is 18.2. The van der Waals surface area contributed by atoms with Gasteiger partial charge in [-0.2, -0.15) is 0 Å². The molecule has 8 heteroatoms. The van der Waals surface area contributed by atoms with Crippen LogP contribution >= 0.6 is 11.3 Å². The number of aromatic nitrogens is 2. The molecular weight excluding hydrogens is 444 g/mol. The van der Waals surface area contributed by atoms with Crippen molar-refractivity contribution in [1.82, 2.24) is 20.6 Å². The third-order valence-corrected chi connectivity index (χ3v) is 7.54. The van der Waals surface area contributed by atoms with Crippen LogP contribution in [0.15, 0.2) is 36.4 Å². The largest absolute Gasteiger partial charge is 0.381 e. The maximum absolute atomic E-state index is 12.7. The predicted molar refractivity (Wildman–Crippen MR) is 139 cm³/mol. The van der Waals surface area contributed by atoms with Crippen molar-refractivity contribution in [1.29, 1.82) is 0 Å². The molecule has 4 aromatic rings. The molecule has 1 saturated heterocycles. The number of nitrogens with zero attached hydrogens (tertiary/aromatic N) is 3. The number of nitrogens with one attached hydrogen (secondary N) is 3. The summed E-state index contributed by atoms with van der Waals surface area (Å²) in [5.74, 6) is 3.56. The number of hydrogen-bond donors (Lipinski definition) is 3. The lowest BCUT2D eigenvalue weighted by atomic mass is 10.1. The number of fused-ring (bicyclic) bond motifs is 5. The molecule has 34 heavy (non-hydrogen) atoms. The number of anilines is 2.